The van der Waals surface area contributed by atoms with E-state index in [1.54, 1.807) is 19.1 Å². The van der Waals surface area contributed by atoms with Gasteiger partial charge in [0, 0.05) is 12.1 Å². The Labute approximate surface area is 120 Å². The van der Waals surface area contributed by atoms with Crippen LogP contribution in [0.5, 0.6) is 0 Å². The summed E-state index contributed by atoms with van der Waals surface area (Å²) in [5, 5.41) is 0. The zero-order valence-electron chi connectivity index (χ0n) is 11.1. The van der Waals surface area contributed by atoms with Crippen molar-refractivity contribution in [2.24, 2.45) is 5.73 Å². The first-order chi connectivity index (χ1) is 9.86. The summed E-state index contributed by atoms with van der Waals surface area (Å²) >= 11 is 0. The van der Waals surface area contributed by atoms with E-state index in [9.17, 15) is 17.2 Å². The summed E-state index contributed by atoms with van der Waals surface area (Å²) in [6.45, 7) is 1.11. The van der Waals surface area contributed by atoms with Gasteiger partial charge >= 0.3 is 0 Å². The zero-order valence-corrected chi connectivity index (χ0v) is 12.0. The predicted molar refractivity (Wildman–Crippen MR) is 71.7 cm³/mol. The first-order valence-corrected chi connectivity index (χ1v) is 7.58. The first-order valence-electron chi connectivity index (χ1n) is 6.09. The molecule has 8 heteroatoms. The lowest BCUT2D eigenvalue weighted by Gasteiger charge is -2.14. The average molecular weight is 316 g/mol. The van der Waals surface area contributed by atoms with E-state index >= 15 is 0 Å². The van der Waals surface area contributed by atoms with Gasteiger partial charge in [0.15, 0.2) is 5.82 Å². The molecule has 2 rings (SSSR count). The Morgan fingerprint density at radius 1 is 1.33 bits per heavy atom. The highest BCUT2D eigenvalue weighted by molar-refractivity contribution is 7.89. The number of benzene rings is 1. The van der Waals surface area contributed by atoms with Gasteiger partial charge in [0.05, 0.1) is 12.3 Å². The van der Waals surface area contributed by atoms with E-state index in [-0.39, 0.29) is 0 Å². The van der Waals surface area contributed by atoms with E-state index in [2.05, 4.69) is 4.72 Å². The van der Waals surface area contributed by atoms with E-state index in [0.29, 0.717) is 5.76 Å². The number of nitrogens with one attached hydrogen (secondary N) is 1. The molecule has 0 fully saturated rings. The summed E-state index contributed by atoms with van der Waals surface area (Å²) in [6, 6.07) is 4.22. The highest BCUT2D eigenvalue weighted by atomic mass is 32.2. The average Bonchev–Trinajstić information content (AvgIpc) is 2.92. The minimum absolute atomic E-state index is 0.375. The lowest BCUT2D eigenvalue weighted by atomic mass is 10.2. The van der Waals surface area contributed by atoms with Gasteiger partial charge in [-0.2, -0.15) is 0 Å². The van der Waals surface area contributed by atoms with Crippen molar-refractivity contribution in [2.45, 2.75) is 24.4 Å². The number of furan rings is 1. The van der Waals surface area contributed by atoms with Crippen molar-refractivity contribution in [1.82, 2.24) is 4.72 Å². The standard InChI is InChI=1S/C13H14F2N2O3S/c1-8(11-3-2-6-20-11)17-21(18,19)12-5-4-10(14)9(7-16)13(12)15/h2-6,8,17H,7,16H2,1H3. The number of nitrogens with two attached hydrogens (primary N) is 1. The molecule has 1 aromatic heterocycles. The van der Waals surface area contributed by atoms with Crippen LogP contribution >= 0.6 is 0 Å². The van der Waals surface area contributed by atoms with Crippen LogP contribution in [0.15, 0.2) is 39.8 Å². The summed E-state index contributed by atoms with van der Waals surface area (Å²) in [4.78, 5) is -0.650. The molecule has 0 spiro atoms. The molecule has 2 aromatic rings. The summed E-state index contributed by atoms with van der Waals surface area (Å²) in [7, 11) is -4.17. The highest BCUT2D eigenvalue weighted by Crippen LogP contribution is 2.23. The molecule has 1 aromatic carbocycles. The van der Waals surface area contributed by atoms with E-state index in [1.807, 2.05) is 0 Å². The molecule has 0 aliphatic rings. The van der Waals surface area contributed by atoms with Crippen molar-refractivity contribution in [2.75, 3.05) is 0 Å². The van der Waals surface area contributed by atoms with Crippen molar-refractivity contribution in [3.8, 4) is 0 Å². The van der Waals surface area contributed by atoms with Crippen molar-refractivity contribution >= 4 is 10.0 Å². The molecule has 1 heterocycles. The predicted octanol–water partition coefficient (Wildman–Crippen LogP) is 2.06. The van der Waals surface area contributed by atoms with Crippen LogP contribution in [0.1, 0.15) is 24.3 Å². The fourth-order valence-electron chi connectivity index (χ4n) is 1.86. The van der Waals surface area contributed by atoms with Gasteiger partial charge in [-0.3, -0.25) is 0 Å². The van der Waals surface area contributed by atoms with E-state index in [1.165, 1.54) is 6.26 Å². The maximum Gasteiger partial charge on any atom is 0.244 e. The molecular formula is C13H14F2N2O3S. The van der Waals surface area contributed by atoms with Gasteiger partial charge in [-0.25, -0.2) is 21.9 Å². The van der Waals surface area contributed by atoms with Gasteiger partial charge in [0.2, 0.25) is 10.0 Å². The molecule has 0 radical (unpaired) electrons. The van der Waals surface area contributed by atoms with Gasteiger partial charge in [-0.1, -0.05) is 0 Å². The van der Waals surface area contributed by atoms with Crippen LogP contribution in [0.4, 0.5) is 8.78 Å². The summed E-state index contributed by atoms with van der Waals surface area (Å²) in [5.41, 5.74) is 4.76. The smallest absolute Gasteiger partial charge is 0.244 e. The fourth-order valence-corrected chi connectivity index (χ4v) is 3.18. The van der Waals surface area contributed by atoms with Crippen molar-refractivity contribution in [3.63, 3.8) is 0 Å². The fraction of sp³-hybridized carbons (Fsp3) is 0.231. The van der Waals surface area contributed by atoms with Crippen LogP contribution in [-0.4, -0.2) is 8.42 Å². The normalized spacial score (nSPS) is 13.3. The SMILES string of the molecule is CC(NS(=O)(=O)c1ccc(F)c(CN)c1F)c1ccco1. The molecule has 0 aliphatic carbocycles. The third-order valence-corrected chi connectivity index (χ3v) is 4.50. The van der Waals surface area contributed by atoms with Crippen LogP contribution in [-0.2, 0) is 16.6 Å². The second kappa shape index (κ2) is 5.92. The molecule has 0 bridgehead atoms. The third kappa shape index (κ3) is 3.12. The van der Waals surface area contributed by atoms with Crippen molar-refractivity contribution in [3.05, 3.63) is 53.5 Å². The monoisotopic (exact) mass is 316 g/mol. The Morgan fingerprint density at radius 3 is 2.62 bits per heavy atom. The maximum atomic E-state index is 14.1. The molecule has 0 amide bonds. The molecule has 0 saturated heterocycles. The number of halogens is 2. The molecule has 5 nitrogen and oxygen atoms in total. The summed E-state index contributed by atoms with van der Waals surface area (Å²) in [5.74, 6) is -1.69. The second-order valence-electron chi connectivity index (χ2n) is 4.40. The molecule has 1 atom stereocenters. The van der Waals surface area contributed by atoms with Gasteiger partial charge in [-0.15, -0.1) is 0 Å². The number of rotatable bonds is 5. The van der Waals surface area contributed by atoms with Crippen LogP contribution in [0, 0.1) is 11.6 Å². The molecule has 0 aliphatic heterocycles. The summed E-state index contributed by atoms with van der Waals surface area (Å²) < 4.78 is 59.1. The Balaban J connectivity index is 2.36. The van der Waals surface area contributed by atoms with Crippen LogP contribution in [0.25, 0.3) is 0 Å². The number of hydrogen-bond donors (Lipinski definition) is 2. The molecule has 3 N–H and O–H groups in total. The Morgan fingerprint density at radius 2 is 2.05 bits per heavy atom. The van der Waals surface area contributed by atoms with Crippen LogP contribution in [0.3, 0.4) is 0 Å². The van der Waals surface area contributed by atoms with E-state index in [4.69, 9.17) is 10.2 Å². The van der Waals surface area contributed by atoms with E-state index < -0.39 is 44.7 Å². The van der Waals surface area contributed by atoms with Gasteiger partial charge in [0.25, 0.3) is 0 Å². The largest absolute Gasteiger partial charge is 0.468 e. The Hall–Kier alpha value is -1.77. The number of sulfonamides is 1. The molecule has 21 heavy (non-hydrogen) atoms. The molecular weight excluding hydrogens is 302 g/mol. The molecule has 0 saturated carbocycles. The quantitative estimate of drug-likeness (QED) is 0.884. The van der Waals surface area contributed by atoms with Gasteiger partial charge < -0.3 is 10.2 Å². The second-order valence-corrected chi connectivity index (χ2v) is 6.08. The third-order valence-electron chi connectivity index (χ3n) is 2.95. The van der Waals surface area contributed by atoms with Crippen LogP contribution < -0.4 is 10.5 Å². The number of hydrogen-bond acceptors (Lipinski definition) is 4. The zero-order chi connectivity index (χ0) is 15.6. The van der Waals surface area contributed by atoms with Crippen molar-refractivity contribution in [1.29, 1.82) is 0 Å². The molecule has 114 valence electrons. The lowest BCUT2D eigenvalue weighted by molar-refractivity contribution is 0.457. The highest BCUT2D eigenvalue weighted by Gasteiger charge is 2.25. The first kappa shape index (κ1) is 15.6. The minimum atomic E-state index is -4.17. The Bertz CT molecular complexity index is 730. The summed E-state index contributed by atoms with van der Waals surface area (Å²) in [6.07, 6.45) is 1.39. The van der Waals surface area contributed by atoms with E-state index in [0.717, 1.165) is 12.1 Å². The minimum Gasteiger partial charge on any atom is -0.468 e. The van der Waals surface area contributed by atoms with Crippen molar-refractivity contribution < 1.29 is 21.6 Å². The van der Waals surface area contributed by atoms with Gasteiger partial charge in [0.1, 0.15) is 16.5 Å². The maximum absolute atomic E-state index is 14.1. The Kier molecular flexibility index (Phi) is 4.40. The molecule has 1 unspecified atom stereocenters. The van der Waals surface area contributed by atoms with Crippen LogP contribution in [0.2, 0.25) is 0 Å². The topological polar surface area (TPSA) is 85.3 Å². The van der Waals surface area contributed by atoms with Gasteiger partial charge in [-0.05, 0) is 31.2 Å². The lowest BCUT2D eigenvalue weighted by Crippen LogP contribution is -2.28.